The molecule has 0 spiro atoms. The Morgan fingerprint density at radius 1 is 1.08 bits per heavy atom. The van der Waals surface area contributed by atoms with E-state index in [9.17, 15) is 4.79 Å². The van der Waals surface area contributed by atoms with Gasteiger partial charge in [0.2, 0.25) is 11.7 Å². The van der Waals surface area contributed by atoms with Crippen LogP contribution in [0.2, 0.25) is 10.0 Å². The van der Waals surface area contributed by atoms with Crippen molar-refractivity contribution in [1.29, 1.82) is 0 Å². The molecule has 1 N–H and O–H groups in total. The average Bonchev–Trinajstić information content (AvgIpc) is 3.02. The number of benzene rings is 2. The minimum absolute atomic E-state index is 0.0127. The Morgan fingerprint density at radius 2 is 1.88 bits per heavy atom. The van der Waals surface area contributed by atoms with E-state index in [1.54, 1.807) is 36.4 Å². The molecule has 6 nitrogen and oxygen atoms in total. The number of carbonyl (C=O) groups is 1. The number of hydrogen-bond acceptors (Lipinski definition) is 4. The first-order valence-electron chi connectivity index (χ1n) is 7.15. The fraction of sp³-hybridized carbons (Fsp3) is 0.125. The molecule has 0 aliphatic carbocycles. The van der Waals surface area contributed by atoms with Gasteiger partial charge in [0.05, 0.1) is 0 Å². The van der Waals surface area contributed by atoms with Crippen LogP contribution in [0.4, 0.5) is 0 Å². The van der Waals surface area contributed by atoms with Crippen LogP contribution < -0.4 is 5.32 Å². The van der Waals surface area contributed by atoms with Crippen molar-refractivity contribution in [1.82, 2.24) is 25.5 Å². The number of aromatic nitrogens is 4. The van der Waals surface area contributed by atoms with Gasteiger partial charge in [-0.15, -0.1) is 10.2 Å². The second-order valence-corrected chi connectivity index (χ2v) is 5.93. The molecule has 0 radical (unpaired) electrons. The molecule has 3 rings (SSSR count). The zero-order valence-electron chi connectivity index (χ0n) is 12.5. The summed E-state index contributed by atoms with van der Waals surface area (Å²) >= 11 is 11.8. The van der Waals surface area contributed by atoms with Crippen LogP contribution in [0.25, 0.3) is 11.4 Å². The first-order chi connectivity index (χ1) is 11.6. The van der Waals surface area contributed by atoms with Gasteiger partial charge in [0.15, 0.2) is 0 Å². The highest BCUT2D eigenvalue weighted by molar-refractivity contribution is 6.30. The van der Waals surface area contributed by atoms with Gasteiger partial charge in [0, 0.05) is 22.2 Å². The lowest BCUT2D eigenvalue weighted by Gasteiger charge is -2.04. The Hall–Kier alpha value is -2.44. The summed E-state index contributed by atoms with van der Waals surface area (Å²) in [5, 5.41) is 16.1. The van der Waals surface area contributed by atoms with Crippen molar-refractivity contribution in [2.24, 2.45) is 0 Å². The lowest BCUT2D eigenvalue weighted by Crippen LogP contribution is -2.28. The maximum Gasteiger partial charge on any atom is 0.243 e. The average molecular weight is 362 g/mol. The second-order valence-electron chi connectivity index (χ2n) is 5.06. The van der Waals surface area contributed by atoms with E-state index in [0.29, 0.717) is 22.4 Å². The lowest BCUT2D eigenvalue weighted by molar-refractivity contribution is -0.122. The molecule has 0 aliphatic heterocycles. The van der Waals surface area contributed by atoms with Gasteiger partial charge in [0.25, 0.3) is 0 Å². The lowest BCUT2D eigenvalue weighted by atomic mass is 10.2. The van der Waals surface area contributed by atoms with E-state index in [1.807, 2.05) is 12.1 Å². The molecule has 0 saturated carbocycles. The zero-order chi connectivity index (χ0) is 16.9. The SMILES string of the molecule is O=C(Cn1nnc(-c2ccc(Cl)cc2)n1)NCc1cccc(Cl)c1. The Labute approximate surface area is 148 Å². The minimum Gasteiger partial charge on any atom is -0.350 e. The fourth-order valence-corrected chi connectivity index (χ4v) is 2.40. The van der Waals surface area contributed by atoms with Crippen LogP contribution in [-0.4, -0.2) is 26.1 Å². The molecule has 0 saturated heterocycles. The maximum absolute atomic E-state index is 12.0. The van der Waals surface area contributed by atoms with Gasteiger partial charge in [-0.2, -0.15) is 4.80 Å². The van der Waals surface area contributed by atoms with Gasteiger partial charge in [-0.25, -0.2) is 0 Å². The molecular weight excluding hydrogens is 349 g/mol. The van der Waals surface area contributed by atoms with Gasteiger partial charge >= 0.3 is 0 Å². The van der Waals surface area contributed by atoms with E-state index in [4.69, 9.17) is 23.2 Å². The first kappa shape index (κ1) is 16.4. The second kappa shape index (κ2) is 7.42. The Bertz CT molecular complexity index is 848. The highest BCUT2D eigenvalue weighted by Crippen LogP contribution is 2.16. The summed E-state index contributed by atoms with van der Waals surface area (Å²) in [4.78, 5) is 13.2. The molecule has 2 aromatic carbocycles. The fourth-order valence-electron chi connectivity index (χ4n) is 2.06. The van der Waals surface area contributed by atoms with E-state index in [-0.39, 0.29) is 12.5 Å². The summed E-state index contributed by atoms with van der Waals surface area (Å²) < 4.78 is 0. The number of carbonyl (C=O) groups excluding carboxylic acids is 1. The quantitative estimate of drug-likeness (QED) is 0.758. The van der Waals surface area contributed by atoms with Crippen molar-refractivity contribution in [3.8, 4) is 11.4 Å². The monoisotopic (exact) mass is 361 g/mol. The van der Waals surface area contributed by atoms with E-state index in [2.05, 4.69) is 20.7 Å². The number of halogens is 2. The zero-order valence-corrected chi connectivity index (χ0v) is 14.0. The highest BCUT2D eigenvalue weighted by Gasteiger charge is 2.09. The molecule has 0 bridgehead atoms. The maximum atomic E-state index is 12.0. The van der Waals surface area contributed by atoms with Crippen molar-refractivity contribution in [2.75, 3.05) is 0 Å². The van der Waals surface area contributed by atoms with Gasteiger partial charge in [-0.3, -0.25) is 4.79 Å². The third-order valence-electron chi connectivity index (χ3n) is 3.22. The van der Waals surface area contributed by atoms with Gasteiger partial charge < -0.3 is 5.32 Å². The van der Waals surface area contributed by atoms with Crippen molar-refractivity contribution < 1.29 is 4.79 Å². The van der Waals surface area contributed by atoms with Crippen molar-refractivity contribution >= 4 is 29.1 Å². The van der Waals surface area contributed by atoms with Crippen LogP contribution in [0.3, 0.4) is 0 Å². The third-order valence-corrected chi connectivity index (χ3v) is 3.71. The molecule has 3 aromatic rings. The van der Waals surface area contributed by atoms with Crippen LogP contribution in [0.5, 0.6) is 0 Å². The van der Waals surface area contributed by atoms with Crippen LogP contribution in [-0.2, 0) is 17.9 Å². The number of amides is 1. The first-order valence-corrected chi connectivity index (χ1v) is 7.90. The van der Waals surface area contributed by atoms with Crippen LogP contribution in [0.1, 0.15) is 5.56 Å². The third kappa shape index (κ3) is 4.31. The molecule has 24 heavy (non-hydrogen) atoms. The molecule has 1 aromatic heterocycles. The van der Waals surface area contributed by atoms with E-state index in [1.165, 1.54) is 4.80 Å². The van der Waals surface area contributed by atoms with Crippen molar-refractivity contribution in [2.45, 2.75) is 13.1 Å². The van der Waals surface area contributed by atoms with Gasteiger partial charge in [-0.05, 0) is 47.2 Å². The minimum atomic E-state index is -0.213. The number of rotatable bonds is 5. The van der Waals surface area contributed by atoms with Crippen LogP contribution >= 0.6 is 23.2 Å². The molecule has 1 heterocycles. The highest BCUT2D eigenvalue weighted by atomic mass is 35.5. The van der Waals surface area contributed by atoms with E-state index in [0.717, 1.165) is 11.1 Å². The molecule has 0 fully saturated rings. The molecular formula is C16H13Cl2N5O. The van der Waals surface area contributed by atoms with Crippen LogP contribution in [0, 0.1) is 0 Å². The largest absolute Gasteiger partial charge is 0.350 e. The summed E-state index contributed by atoms with van der Waals surface area (Å²) in [5.74, 6) is 0.226. The molecule has 0 aliphatic rings. The summed E-state index contributed by atoms with van der Waals surface area (Å²) in [6.45, 7) is 0.374. The molecule has 0 atom stereocenters. The molecule has 1 amide bonds. The number of tetrazole rings is 1. The predicted octanol–water partition coefficient (Wildman–Crippen LogP) is 2.96. The summed E-state index contributed by atoms with van der Waals surface area (Å²) in [5.41, 5.74) is 1.70. The van der Waals surface area contributed by atoms with E-state index < -0.39 is 0 Å². The van der Waals surface area contributed by atoms with E-state index >= 15 is 0 Å². The molecule has 8 heteroatoms. The van der Waals surface area contributed by atoms with Crippen LogP contribution in [0.15, 0.2) is 48.5 Å². The smallest absolute Gasteiger partial charge is 0.243 e. The summed E-state index contributed by atoms with van der Waals surface area (Å²) in [7, 11) is 0. The Kier molecular flexibility index (Phi) is 5.08. The Morgan fingerprint density at radius 3 is 2.62 bits per heavy atom. The normalized spacial score (nSPS) is 10.6. The van der Waals surface area contributed by atoms with Crippen molar-refractivity contribution in [3.63, 3.8) is 0 Å². The summed E-state index contributed by atoms with van der Waals surface area (Å²) in [6.07, 6.45) is 0. The number of nitrogens with one attached hydrogen (secondary N) is 1. The van der Waals surface area contributed by atoms with Gasteiger partial charge in [0.1, 0.15) is 6.54 Å². The standard InChI is InChI=1S/C16H13Cl2N5O/c17-13-6-4-12(5-7-13)16-20-22-23(21-16)10-15(24)19-9-11-2-1-3-14(18)8-11/h1-8H,9-10H2,(H,19,24). The Balaban J connectivity index is 1.58. The summed E-state index contributed by atoms with van der Waals surface area (Å²) in [6, 6.07) is 14.4. The number of hydrogen-bond donors (Lipinski definition) is 1. The van der Waals surface area contributed by atoms with Gasteiger partial charge in [-0.1, -0.05) is 35.3 Å². The topological polar surface area (TPSA) is 72.7 Å². The predicted molar refractivity (Wildman–Crippen MR) is 91.6 cm³/mol. The van der Waals surface area contributed by atoms with Crippen molar-refractivity contribution in [3.05, 3.63) is 64.1 Å². The number of nitrogens with zero attached hydrogens (tertiary/aromatic N) is 4. The molecule has 0 unspecified atom stereocenters. The molecule has 122 valence electrons.